The summed E-state index contributed by atoms with van der Waals surface area (Å²) in [5, 5.41) is 0. The van der Waals surface area contributed by atoms with Gasteiger partial charge < -0.3 is 4.74 Å². The normalized spacial score (nSPS) is 15.9. The Morgan fingerprint density at radius 3 is 2.57 bits per heavy atom. The molecule has 21 heavy (non-hydrogen) atoms. The van der Waals surface area contributed by atoms with Crippen molar-refractivity contribution in [2.75, 3.05) is 11.5 Å². The van der Waals surface area contributed by atoms with Crippen LogP contribution in [0.2, 0.25) is 0 Å². The summed E-state index contributed by atoms with van der Waals surface area (Å²) in [7, 11) is 0. The van der Waals surface area contributed by atoms with Gasteiger partial charge in [-0.15, -0.1) is 0 Å². The summed E-state index contributed by atoms with van der Waals surface area (Å²) in [5.41, 5.74) is 0.801. The number of ether oxygens (including phenoxy) is 1. The van der Waals surface area contributed by atoms with E-state index in [4.69, 9.17) is 4.74 Å². The molecule has 2 rings (SSSR count). The van der Waals surface area contributed by atoms with E-state index >= 15 is 0 Å². The fourth-order valence-corrected chi connectivity index (χ4v) is 3.58. The summed E-state index contributed by atoms with van der Waals surface area (Å²) in [6.45, 7) is 2.17. The van der Waals surface area contributed by atoms with Crippen LogP contribution in [0.25, 0.3) is 0 Å². The highest BCUT2D eigenvalue weighted by atomic mass is 32.2. The standard InChI is InChI=1S/C18H26O2S/c1-2-3-13-21-14-18(19)15-9-11-17(12-10-15)20-16-7-5-4-6-8-16/h9-12,16H,2-8,13-14H2,1H3. The lowest BCUT2D eigenvalue weighted by Crippen LogP contribution is -2.19. The summed E-state index contributed by atoms with van der Waals surface area (Å²) >= 11 is 1.73. The van der Waals surface area contributed by atoms with Crippen molar-refractivity contribution in [2.24, 2.45) is 0 Å². The molecule has 1 fully saturated rings. The van der Waals surface area contributed by atoms with E-state index in [0.717, 1.165) is 29.9 Å². The van der Waals surface area contributed by atoms with E-state index in [1.807, 2.05) is 24.3 Å². The predicted octanol–water partition coefficient (Wildman–Crippen LogP) is 5.11. The molecule has 3 heteroatoms. The fourth-order valence-electron chi connectivity index (χ4n) is 2.59. The molecule has 0 aromatic heterocycles. The van der Waals surface area contributed by atoms with Gasteiger partial charge in [0, 0.05) is 5.56 Å². The van der Waals surface area contributed by atoms with Crippen LogP contribution >= 0.6 is 11.8 Å². The Hall–Kier alpha value is -0.960. The monoisotopic (exact) mass is 306 g/mol. The molecule has 1 aliphatic carbocycles. The highest BCUT2D eigenvalue weighted by molar-refractivity contribution is 7.99. The molecule has 1 aromatic carbocycles. The van der Waals surface area contributed by atoms with Gasteiger partial charge in [0.15, 0.2) is 5.78 Å². The molecular weight excluding hydrogens is 280 g/mol. The van der Waals surface area contributed by atoms with Crippen LogP contribution in [0.1, 0.15) is 62.2 Å². The van der Waals surface area contributed by atoms with Gasteiger partial charge in [-0.05, 0) is 62.1 Å². The first-order chi connectivity index (χ1) is 10.3. The van der Waals surface area contributed by atoms with Gasteiger partial charge in [0.05, 0.1) is 11.9 Å². The number of unbranched alkanes of at least 4 members (excludes halogenated alkanes) is 1. The number of rotatable bonds is 8. The van der Waals surface area contributed by atoms with Crippen LogP contribution in [0.4, 0.5) is 0 Å². The maximum absolute atomic E-state index is 12.0. The smallest absolute Gasteiger partial charge is 0.172 e. The topological polar surface area (TPSA) is 26.3 Å². The first-order valence-electron chi connectivity index (χ1n) is 8.17. The van der Waals surface area contributed by atoms with Crippen LogP contribution in [0.15, 0.2) is 24.3 Å². The molecule has 0 amide bonds. The second-order valence-electron chi connectivity index (χ2n) is 5.73. The number of hydrogen-bond acceptors (Lipinski definition) is 3. The molecule has 0 unspecified atom stereocenters. The highest BCUT2D eigenvalue weighted by Gasteiger charge is 2.15. The number of Topliss-reactive ketones (excluding diaryl/α,β-unsaturated/α-hetero) is 1. The number of benzene rings is 1. The minimum absolute atomic E-state index is 0.223. The Labute approximate surface area is 132 Å². The molecule has 0 atom stereocenters. The average Bonchev–Trinajstić information content (AvgIpc) is 2.53. The molecule has 0 spiro atoms. The van der Waals surface area contributed by atoms with Crippen LogP contribution in [-0.2, 0) is 0 Å². The lowest BCUT2D eigenvalue weighted by molar-refractivity contribution is 0.102. The van der Waals surface area contributed by atoms with Gasteiger partial charge in [0.2, 0.25) is 0 Å². The quantitative estimate of drug-likeness (QED) is 0.493. The van der Waals surface area contributed by atoms with Crippen molar-refractivity contribution in [1.29, 1.82) is 0 Å². The van der Waals surface area contributed by atoms with Crippen LogP contribution < -0.4 is 4.74 Å². The van der Waals surface area contributed by atoms with Crippen molar-refractivity contribution in [2.45, 2.75) is 58.0 Å². The Morgan fingerprint density at radius 2 is 1.90 bits per heavy atom. The largest absolute Gasteiger partial charge is 0.490 e. The van der Waals surface area contributed by atoms with E-state index in [-0.39, 0.29) is 5.78 Å². The minimum atomic E-state index is 0.223. The third-order valence-corrected chi connectivity index (χ3v) is 4.95. The SMILES string of the molecule is CCCCSCC(=O)c1ccc(OC2CCCCC2)cc1. The van der Waals surface area contributed by atoms with E-state index in [1.54, 1.807) is 11.8 Å². The van der Waals surface area contributed by atoms with Gasteiger partial charge in [-0.2, -0.15) is 11.8 Å². The van der Waals surface area contributed by atoms with Gasteiger partial charge in [-0.25, -0.2) is 0 Å². The van der Waals surface area contributed by atoms with Gasteiger partial charge in [0.1, 0.15) is 5.75 Å². The third-order valence-electron chi connectivity index (χ3n) is 3.91. The zero-order valence-electron chi connectivity index (χ0n) is 13.0. The fraction of sp³-hybridized carbons (Fsp3) is 0.611. The van der Waals surface area contributed by atoms with Crippen LogP contribution in [0.5, 0.6) is 5.75 Å². The number of thioether (sulfide) groups is 1. The minimum Gasteiger partial charge on any atom is -0.490 e. The van der Waals surface area contributed by atoms with Crippen LogP contribution in [0, 0.1) is 0 Å². The van der Waals surface area contributed by atoms with E-state index < -0.39 is 0 Å². The molecule has 0 saturated heterocycles. The molecule has 1 aromatic rings. The second kappa shape index (κ2) is 9.14. The summed E-state index contributed by atoms with van der Waals surface area (Å²) in [6.07, 6.45) is 8.95. The van der Waals surface area contributed by atoms with Gasteiger partial charge in [-0.1, -0.05) is 19.8 Å². The Morgan fingerprint density at radius 1 is 1.19 bits per heavy atom. The Balaban J connectivity index is 1.79. The van der Waals surface area contributed by atoms with Crippen molar-refractivity contribution in [3.63, 3.8) is 0 Å². The number of carbonyl (C=O) groups excluding carboxylic acids is 1. The van der Waals surface area contributed by atoms with Crippen molar-refractivity contribution in [3.05, 3.63) is 29.8 Å². The van der Waals surface area contributed by atoms with Crippen molar-refractivity contribution >= 4 is 17.5 Å². The lowest BCUT2D eigenvalue weighted by Gasteiger charge is -2.23. The zero-order chi connectivity index (χ0) is 14.9. The summed E-state index contributed by atoms with van der Waals surface area (Å²) < 4.78 is 5.99. The highest BCUT2D eigenvalue weighted by Crippen LogP contribution is 2.23. The molecule has 1 aliphatic rings. The van der Waals surface area contributed by atoms with Crippen molar-refractivity contribution in [3.8, 4) is 5.75 Å². The maximum atomic E-state index is 12.0. The Kier molecular flexibility index (Phi) is 7.14. The number of carbonyl (C=O) groups is 1. The van der Waals surface area contributed by atoms with Gasteiger partial charge >= 0.3 is 0 Å². The lowest BCUT2D eigenvalue weighted by atomic mass is 9.98. The molecule has 1 saturated carbocycles. The molecule has 0 heterocycles. The molecule has 116 valence electrons. The molecular formula is C18H26O2S. The van der Waals surface area contributed by atoms with Crippen LogP contribution in [-0.4, -0.2) is 23.4 Å². The molecule has 0 radical (unpaired) electrons. The van der Waals surface area contributed by atoms with Crippen molar-refractivity contribution in [1.82, 2.24) is 0 Å². The molecule has 2 nitrogen and oxygen atoms in total. The summed E-state index contributed by atoms with van der Waals surface area (Å²) in [4.78, 5) is 12.0. The predicted molar refractivity (Wildman–Crippen MR) is 90.5 cm³/mol. The van der Waals surface area contributed by atoms with E-state index in [9.17, 15) is 4.79 Å². The maximum Gasteiger partial charge on any atom is 0.172 e. The van der Waals surface area contributed by atoms with Crippen molar-refractivity contribution < 1.29 is 9.53 Å². The van der Waals surface area contributed by atoms with Crippen LogP contribution in [0.3, 0.4) is 0 Å². The number of ketones is 1. The van der Waals surface area contributed by atoms with Gasteiger partial charge in [0.25, 0.3) is 0 Å². The first-order valence-corrected chi connectivity index (χ1v) is 9.32. The summed E-state index contributed by atoms with van der Waals surface area (Å²) in [6, 6.07) is 7.69. The molecule has 0 N–H and O–H groups in total. The number of hydrogen-bond donors (Lipinski definition) is 0. The average molecular weight is 306 g/mol. The van der Waals surface area contributed by atoms with E-state index in [0.29, 0.717) is 11.9 Å². The molecule has 0 aliphatic heterocycles. The van der Waals surface area contributed by atoms with Gasteiger partial charge in [-0.3, -0.25) is 4.79 Å². The molecule has 0 bridgehead atoms. The summed E-state index contributed by atoms with van der Waals surface area (Å²) in [5.74, 6) is 2.78. The van der Waals surface area contributed by atoms with E-state index in [2.05, 4.69) is 6.92 Å². The van der Waals surface area contributed by atoms with E-state index in [1.165, 1.54) is 32.1 Å². The zero-order valence-corrected chi connectivity index (χ0v) is 13.8. The Bertz CT molecular complexity index is 421. The third kappa shape index (κ3) is 5.74. The first kappa shape index (κ1) is 16.4. The second-order valence-corrected chi connectivity index (χ2v) is 6.84.